The van der Waals surface area contributed by atoms with Crippen molar-refractivity contribution in [2.45, 2.75) is 4.46 Å². The number of benzene rings is 1. The summed E-state index contributed by atoms with van der Waals surface area (Å²) in [7, 11) is 0. The minimum atomic E-state index is -1.26. The van der Waals surface area contributed by atoms with E-state index in [1.54, 1.807) is 12.1 Å². The Bertz CT molecular complexity index is 205. The summed E-state index contributed by atoms with van der Waals surface area (Å²) in [6.45, 7) is 0. The Balaban J connectivity index is 0.000001000. The lowest BCUT2D eigenvalue weighted by molar-refractivity contribution is 0.917. The third-order valence-corrected chi connectivity index (χ3v) is 1.60. The first kappa shape index (κ1) is 11.1. The predicted octanol–water partition coefficient (Wildman–Crippen LogP) is 2.66. The lowest BCUT2D eigenvalue weighted by atomic mass is 10.2. The van der Waals surface area contributed by atoms with Crippen molar-refractivity contribution < 1.29 is 0 Å². The molecule has 1 aromatic carbocycles. The molecule has 0 saturated heterocycles. The van der Waals surface area contributed by atoms with Crippen molar-refractivity contribution in [3.05, 3.63) is 35.9 Å². The lowest BCUT2D eigenvalue weighted by Gasteiger charge is -2.12. The number of halogens is 3. The van der Waals surface area contributed by atoms with Gasteiger partial charge >= 0.3 is 0 Å². The monoisotopic (exact) mass is 211 g/mol. The molecule has 1 rings (SSSR count). The Kier molecular flexibility index (Phi) is 4.19. The Labute approximate surface area is 81.9 Å². The van der Waals surface area contributed by atoms with Gasteiger partial charge < -0.3 is 0 Å². The van der Waals surface area contributed by atoms with Crippen LogP contribution in [0.4, 0.5) is 0 Å². The molecular weight excluding hydrogens is 204 g/mol. The van der Waals surface area contributed by atoms with Crippen LogP contribution in [0.5, 0.6) is 0 Å². The van der Waals surface area contributed by atoms with Crippen LogP contribution in [-0.4, -0.2) is 0 Å². The molecule has 0 spiro atoms. The molecule has 62 valence electrons. The molecule has 1 nitrogen and oxygen atoms in total. The fraction of sp³-hybridized carbons (Fsp3) is 0.143. The average molecular weight is 213 g/mol. The van der Waals surface area contributed by atoms with Crippen molar-refractivity contribution in [1.82, 2.24) is 0 Å². The predicted molar refractivity (Wildman–Crippen MR) is 51.3 cm³/mol. The normalized spacial score (nSPS) is 10.5. The van der Waals surface area contributed by atoms with Gasteiger partial charge in [-0.2, -0.15) is 0 Å². The number of alkyl halides is 2. The van der Waals surface area contributed by atoms with Crippen LogP contribution in [0.1, 0.15) is 5.56 Å². The second-order valence-electron chi connectivity index (χ2n) is 1.99. The number of hydrogen-bond acceptors (Lipinski definition) is 1. The maximum absolute atomic E-state index is 5.60. The van der Waals surface area contributed by atoms with Gasteiger partial charge in [0.25, 0.3) is 0 Å². The summed E-state index contributed by atoms with van der Waals surface area (Å²) in [6.07, 6.45) is 0. The zero-order valence-corrected chi connectivity index (χ0v) is 7.96. The number of nitrogens with two attached hydrogens (primary N) is 1. The first-order valence-electron chi connectivity index (χ1n) is 2.83. The molecule has 0 saturated carbocycles. The highest BCUT2D eigenvalue weighted by molar-refractivity contribution is 6.47. The minimum Gasteiger partial charge on any atom is -0.296 e. The van der Waals surface area contributed by atoms with E-state index < -0.39 is 4.46 Å². The fourth-order valence-corrected chi connectivity index (χ4v) is 0.912. The van der Waals surface area contributed by atoms with Gasteiger partial charge in [-0.1, -0.05) is 53.5 Å². The van der Waals surface area contributed by atoms with Gasteiger partial charge in [0.15, 0.2) is 4.46 Å². The topological polar surface area (TPSA) is 26.0 Å². The number of rotatable bonds is 1. The van der Waals surface area contributed by atoms with E-state index in [9.17, 15) is 0 Å². The van der Waals surface area contributed by atoms with E-state index in [1.165, 1.54) is 0 Å². The van der Waals surface area contributed by atoms with Crippen molar-refractivity contribution in [2.75, 3.05) is 0 Å². The van der Waals surface area contributed by atoms with E-state index in [4.69, 9.17) is 28.9 Å². The molecule has 0 heterocycles. The molecule has 0 unspecified atom stereocenters. The molecule has 0 aromatic heterocycles. The summed E-state index contributed by atoms with van der Waals surface area (Å²) >= 11 is 11.2. The van der Waals surface area contributed by atoms with Crippen molar-refractivity contribution >= 4 is 35.6 Å². The van der Waals surface area contributed by atoms with Crippen LogP contribution in [0, 0.1) is 0 Å². The summed E-state index contributed by atoms with van der Waals surface area (Å²) in [4.78, 5) is 0. The van der Waals surface area contributed by atoms with Crippen molar-refractivity contribution in [2.24, 2.45) is 5.73 Å². The zero-order chi connectivity index (χ0) is 7.61. The summed E-state index contributed by atoms with van der Waals surface area (Å²) in [5.74, 6) is 0. The second-order valence-corrected chi connectivity index (χ2v) is 3.37. The average Bonchev–Trinajstić information content (AvgIpc) is 1.88. The van der Waals surface area contributed by atoms with Crippen LogP contribution in [0.15, 0.2) is 30.3 Å². The smallest absolute Gasteiger partial charge is 0.192 e. The summed E-state index contributed by atoms with van der Waals surface area (Å²) in [6, 6.07) is 9.10. The Morgan fingerprint density at radius 3 is 1.82 bits per heavy atom. The quantitative estimate of drug-likeness (QED) is 0.562. The maximum atomic E-state index is 5.60. The van der Waals surface area contributed by atoms with Gasteiger partial charge in [-0.15, -0.1) is 12.4 Å². The molecule has 4 heteroatoms. The van der Waals surface area contributed by atoms with Gasteiger partial charge in [-0.05, 0) is 0 Å². The van der Waals surface area contributed by atoms with Gasteiger partial charge in [0.05, 0.1) is 0 Å². The molecule has 1 aromatic rings. The fourth-order valence-electron chi connectivity index (χ4n) is 0.660. The maximum Gasteiger partial charge on any atom is 0.192 e. The molecule has 0 aliphatic carbocycles. The van der Waals surface area contributed by atoms with Gasteiger partial charge in [0.1, 0.15) is 0 Å². The highest BCUT2D eigenvalue weighted by Crippen LogP contribution is 2.26. The molecule has 0 fully saturated rings. The second kappa shape index (κ2) is 4.17. The first-order chi connectivity index (χ1) is 4.61. The SMILES string of the molecule is Cl.NC(Cl)(Cl)c1ccccc1. The molecule has 0 radical (unpaired) electrons. The van der Waals surface area contributed by atoms with Gasteiger partial charge in [-0.3, -0.25) is 5.73 Å². The van der Waals surface area contributed by atoms with E-state index in [1.807, 2.05) is 18.2 Å². The summed E-state index contributed by atoms with van der Waals surface area (Å²) in [5, 5.41) is 0. The Morgan fingerprint density at radius 2 is 1.55 bits per heavy atom. The zero-order valence-electron chi connectivity index (χ0n) is 5.63. The van der Waals surface area contributed by atoms with Crippen LogP contribution >= 0.6 is 35.6 Å². The molecular formula is C7H8Cl3N. The minimum absolute atomic E-state index is 0. The molecule has 0 atom stereocenters. The van der Waals surface area contributed by atoms with Crippen LogP contribution in [0.25, 0.3) is 0 Å². The van der Waals surface area contributed by atoms with Crippen LogP contribution in [0.2, 0.25) is 0 Å². The third kappa shape index (κ3) is 3.30. The lowest BCUT2D eigenvalue weighted by Crippen LogP contribution is -2.21. The molecule has 2 N–H and O–H groups in total. The van der Waals surface area contributed by atoms with Crippen LogP contribution < -0.4 is 5.73 Å². The Hall–Kier alpha value is 0.0500. The standard InChI is InChI=1S/C7H7Cl2N.ClH/c8-7(9,10)6-4-2-1-3-5-6;/h1-5H,10H2;1H. The van der Waals surface area contributed by atoms with Crippen LogP contribution in [0.3, 0.4) is 0 Å². The van der Waals surface area contributed by atoms with Crippen molar-refractivity contribution in [3.8, 4) is 0 Å². The Morgan fingerprint density at radius 1 is 1.09 bits per heavy atom. The van der Waals surface area contributed by atoms with E-state index in [0.717, 1.165) is 0 Å². The highest BCUT2D eigenvalue weighted by atomic mass is 35.5. The van der Waals surface area contributed by atoms with Gasteiger partial charge in [0.2, 0.25) is 0 Å². The molecule has 0 aliphatic heterocycles. The summed E-state index contributed by atoms with van der Waals surface area (Å²) in [5.41, 5.74) is 6.09. The molecule has 11 heavy (non-hydrogen) atoms. The van der Waals surface area contributed by atoms with Crippen molar-refractivity contribution in [1.29, 1.82) is 0 Å². The van der Waals surface area contributed by atoms with E-state index in [2.05, 4.69) is 0 Å². The first-order valence-corrected chi connectivity index (χ1v) is 3.58. The van der Waals surface area contributed by atoms with Gasteiger partial charge in [-0.25, -0.2) is 0 Å². The van der Waals surface area contributed by atoms with E-state index in [0.29, 0.717) is 5.56 Å². The third-order valence-electron chi connectivity index (χ3n) is 1.16. The molecule has 0 bridgehead atoms. The number of hydrogen-bond donors (Lipinski definition) is 1. The summed E-state index contributed by atoms with van der Waals surface area (Å²) < 4.78 is -1.26. The van der Waals surface area contributed by atoms with E-state index >= 15 is 0 Å². The highest BCUT2D eigenvalue weighted by Gasteiger charge is 2.18. The molecule has 0 amide bonds. The van der Waals surface area contributed by atoms with Gasteiger partial charge in [0, 0.05) is 5.56 Å². The van der Waals surface area contributed by atoms with Crippen LogP contribution in [-0.2, 0) is 4.46 Å². The van der Waals surface area contributed by atoms with E-state index in [-0.39, 0.29) is 12.4 Å². The largest absolute Gasteiger partial charge is 0.296 e. The molecule has 0 aliphatic rings. The van der Waals surface area contributed by atoms with Crippen molar-refractivity contribution in [3.63, 3.8) is 0 Å².